The van der Waals surface area contributed by atoms with E-state index < -0.39 is 12.1 Å². The fraction of sp³-hybridized carbons (Fsp3) is 0.111. The molecule has 26 heavy (non-hydrogen) atoms. The lowest BCUT2D eigenvalue weighted by Gasteiger charge is -2.15. The second-order valence-corrected chi connectivity index (χ2v) is 6.27. The summed E-state index contributed by atoms with van der Waals surface area (Å²) in [6.45, 7) is 0. The first-order valence-electron chi connectivity index (χ1n) is 7.70. The minimum absolute atomic E-state index is 0.0862. The zero-order valence-corrected chi connectivity index (χ0v) is 14.3. The van der Waals surface area contributed by atoms with Crippen molar-refractivity contribution in [1.82, 2.24) is 5.32 Å². The van der Waals surface area contributed by atoms with E-state index in [1.165, 1.54) is 18.0 Å². The Morgan fingerprint density at radius 3 is 2.54 bits per heavy atom. The van der Waals surface area contributed by atoms with Gasteiger partial charge in [-0.15, -0.1) is 5.10 Å². The van der Waals surface area contributed by atoms with Crippen molar-refractivity contribution < 1.29 is 19.4 Å². The summed E-state index contributed by atoms with van der Waals surface area (Å²) in [6.07, 6.45) is 0.457. The topological polar surface area (TPSA) is 100 Å². The van der Waals surface area contributed by atoms with E-state index >= 15 is 0 Å². The number of amidine groups is 1. The third kappa shape index (κ3) is 4.70. The van der Waals surface area contributed by atoms with E-state index in [9.17, 15) is 14.7 Å². The van der Waals surface area contributed by atoms with Crippen molar-refractivity contribution in [3.63, 3.8) is 0 Å². The molecule has 8 heteroatoms. The first kappa shape index (κ1) is 17.7. The number of carbonyl (C=O) groups excluding carboxylic acids is 1. The number of rotatable bonds is 6. The van der Waals surface area contributed by atoms with Gasteiger partial charge in [0.05, 0.1) is 12.0 Å². The zero-order valence-electron chi connectivity index (χ0n) is 13.5. The van der Waals surface area contributed by atoms with Crippen molar-refractivity contribution in [2.75, 3.05) is 5.75 Å². The number of amides is 1. The molecule has 0 saturated carbocycles. The molecule has 0 bridgehead atoms. The van der Waals surface area contributed by atoms with E-state index in [0.717, 1.165) is 5.56 Å². The van der Waals surface area contributed by atoms with E-state index in [4.69, 9.17) is 4.74 Å². The van der Waals surface area contributed by atoms with Crippen molar-refractivity contribution in [2.45, 2.75) is 6.10 Å². The Labute approximate surface area is 153 Å². The Hall–Kier alpha value is -3.13. The molecule has 0 radical (unpaired) electrons. The molecule has 1 heterocycles. The molecule has 2 N–H and O–H groups in total. The van der Waals surface area contributed by atoms with Crippen LogP contribution >= 0.6 is 11.8 Å². The predicted octanol–water partition coefficient (Wildman–Crippen LogP) is 2.44. The second kappa shape index (κ2) is 8.30. The van der Waals surface area contributed by atoms with Crippen molar-refractivity contribution in [3.05, 3.63) is 65.7 Å². The molecule has 1 saturated heterocycles. The number of nitrogens with one attached hydrogen (secondary N) is 1. The average molecular weight is 369 g/mol. The summed E-state index contributed by atoms with van der Waals surface area (Å²) in [6, 6.07) is 15.6. The molecule has 0 aliphatic carbocycles. The Kier molecular flexibility index (Phi) is 5.65. The van der Waals surface area contributed by atoms with E-state index in [0.29, 0.717) is 22.2 Å². The maximum atomic E-state index is 11.5. The summed E-state index contributed by atoms with van der Waals surface area (Å²) in [4.78, 5) is 22.5. The number of carboxylic acids is 1. The van der Waals surface area contributed by atoms with Gasteiger partial charge < -0.3 is 15.2 Å². The SMILES string of the molecule is O=C1CSC(=NN=Cc2ccc(OC(C(=O)O)c3ccccc3)cc2)N1. The summed E-state index contributed by atoms with van der Waals surface area (Å²) in [5.41, 5.74) is 1.33. The summed E-state index contributed by atoms with van der Waals surface area (Å²) >= 11 is 1.30. The lowest BCUT2D eigenvalue weighted by atomic mass is 10.1. The Bertz CT molecular complexity index is 850. The number of thioether (sulfide) groups is 1. The van der Waals surface area contributed by atoms with Gasteiger partial charge in [0, 0.05) is 5.56 Å². The molecule has 1 atom stereocenters. The molecule has 7 nitrogen and oxygen atoms in total. The average Bonchev–Trinajstić information content (AvgIpc) is 3.06. The van der Waals surface area contributed by atoms with Crippen LogP contribution in [0, 0.1) is 0 Å². The monoisotopic (exact) mass is 369 g/mol. The predicted molar refractivity (Wildman–Crippen MR) is 99.5 cm³/mol. The van der Waals surface area contributed by atoms with E-state index in [1.807, 2.05) is 6.07 Å². The van der Waals surface area contributed by atoms with E-state index in [-0.39, 0.29) is 5.91 Å². The highest BCUT2D eigenvalue weighted by atomic mass is 32.2. The third-order valence-corrected chi connectivity index (χ3v) is 4.27. The van der Waals surface area contributed by atoms with E-state index in [2.05, 4.69) is 15.5 Å². The van der Waals surface area contributed by atoms with Crippen LogP contribution in [0.5, 0.6) is 5.75 Å². The number of carbonyl (C=O) groups is 2. The zero-order chi connectivity index (χ0) is 18.4. The summed E-state index contributed by atoms with van der Waals surface area (Å²) in [5.74, 6) is -0.360. The Balaban J connectivity index is 1.65. The molecule has 1 aliphatic rings. The molecule has 1 fully saturated rings. The first-order valence-corrected chi connectivity index (χ1v) is 8.68. The molecule has 3 rings (SSSR count). The van der Waals surface area contributed by atoms with Crippen LogP contribution in [0.3, 0.4) is 0 Å². The van der Waals surface area contributed by atoms with Gasteiger partial charge in [0.1, 0.15) is 5.75 Å². The lowest BCUT2D eigenvalue weighted by Crippen LogP contribution is -2.19. The molecule has 2 aromatic carbocycles. The quantitative estimate of drug-likeness (QED) is 0.602. The summed E-state index contributed by atoms with van der Waals surface area (Å²) < 4.78 is 5.59. The van der Waals surface area contributed by atoms with Crippen LogP contribution in [-0.4, -0.2) is 34.1 Å². The van der Waals surface area contributed by atoms with Gasteiger partial charge in [-0.2, -0.15) is 5.10 Å². The van der Waals surface area contributed by atoms with E-state index in [1.54, 1.807) is 48.5 Å². The summed E-state index contributed by atoms with van der Waals surface area (Å²) in [7, 11) is 0. The van der Waals surface area contributed by atoms with Gasteiger partial charge in [0.25, 0.3) is 0 Å². The molecule has 1 unspecified atom stereocenters. The highest BCUT2D eigenvalue weighted by Gasteiger charge is 2.21. The lowest BCUT2D eigenvalue weighted by molar-refractivity contribution is -0.145. The maximum absolute atomic E-state index is 11.5. The van der Waals surface area contributed by atoms with Gasteiger partial charge in [0.2, 0.25) is 12.0 Å². The minimum Gasteiger partial charge on any atom is -0.478 e. The number of ether oxygens (including phenoxy) is 1. The molecular weight excluding hydrogens is 354 g/mol. The highest BCUT2D eigenvalue weighted by Crippen LogP contribution is 2.22. The van der Waals surface area contributed by atoms with Crippen molar-refractivity contribution in [2.24, 2.45) is 10.2 Å². The van der Waals surface area contributed by atoms with Gasteiger partial charge in [-0.25, -0.2) is 4.79 Å². The number of benzene rings is 2. The molecule has 1 aliphatic heterocycles. The van der Waals surface area contributed by atoms with Crippen LogP contribution in [0.1, 0.15) is 17.2 Å². The summed E-state index contributed by atoms with van der Waals surface area (Å²) in [5, 5.41) is 20.3. The van der Waals surface area contributed by atoms with Crippen molar-refractivity contribution in [3.8, 4) is 5.75 Å². The number of hydrogen-bond donors (Lipinski definition) is 2. The van der Waals surface area contributed by atoms with Crippen molar-refractivity contribution in [1.29, 1.82) is 0 Å². The highest BCUT2D eigenvalue weighted by molar-refractivity contribution is 8.15. The van der Waals surface area contributed by atoms with Crippen LogP contribution < -0.4 is 10.1 Å². The maximum Gasteiger partial charge on any atom is 0.349 e. The fourth-order valence-electron chi connectivity index (χ4n) is 2.18. The molecule has 1 amide bonds. The van der Waals surface area contributed by atoms with Crippen molar-refractivity contribution >= 4 is 35.0 Å². The van der Waals surface area contributed by atoms with Crippen LogP contribution in [-0.2, 0) is 9.59 Å². The Morgan fingerprint density at radius 1 is 1.19 bits per heavy atom. The fourth-order valence-corrected chi connectivity index (χ4v) is 2.82. The number of aliphatic carboxylic acids is 1. The van der Waals surface area contributed by atoms with Gasteiger partial charge in [-0.1, -0.05) is 42.1 Å². The van der Waals surface area contributed by atoms with Gasteiger partial charge in [0.15, 0.2) is 5.17 Å². The molecule has 2 aromatic rings. The normalized spacial score (nSPS) is 16.6. The van der Waals surface area contributed by atoms with Crippen LogP contribution in [0.25, 0.3) is 0 Å². The standard InChI is InChI=1S/C18H15N3O4S/c22-15-11-26-18(20-15)21-19-10-12-6-8-14(9-7-12)25-16(17(23)24)13-4-2-1-3-5-13/h1-10,16H,11H2,(H,23,24)(H,20,21,22). The number of nitrogens with zero attached hydrogens (tertiary/aromatic N) is 2. The van der Waals surface area contributed by atoms with Gasteiger partial charge >= 0.3 is 5.97 Å². The first-order chi connectivity index (χ1) is 12.6. The molecule has 0 spiro atoms. The third-order valence-electron chi connectivity index (χ3n) is 3.40. The number of hydrogen-bond acceptors (Lipinski definition) is 6. The smallest absolute Gasteiger partial charge is 0.349 e. The van der Waals surface area contributed by atoms with Crippen LogP contribution in [0.4, 0.5) is 0 Å². The molecule has 0 aromatic heterocycles. The molecular formula is C18H15N3O4S. The van der Waals surface area contributed by atoms with Crippen LogP contribution in [0.2, 0.25) is 0 Å². The van der Waals surface area contributed by atoms with Gasteiger partial charge in [-0.3, -0.25) is 4.79 Å². The molecule has 132 valence electrons. The largest absolute Gasteiger partial charge is 0.478 e. The Morgan fingerprint density at radius 2 is 1.92 bits per heavy atom. The minimum atomic E-state index is -1.08. The van der Waals surface area contributed by atoms with Crippen LogP contribution in [0.15, 0.2) is 64.8 Å². The second-order valence-electron chi connectivity index (χ2n) is 5.30. The number of carboxylic acid groups (broad SMARTS) is 1. The van der Waals surface area contributed by atoms with Gasteiger partial charge in [-0.05, 0) is 29.8 Å².